The smallest absolute Gasteiger partial charge is 0.0755 e. The van der Waals surface area contributed by atoms with Gasteiger partial charge in [0.2, 0.25) is 0 Å². The van der Waals surface area contributed by atoms with E-state index in [-0.39, 0.29) is 0 Å². The van der Waals surface area contributed by atoms with Crippen molar-refractivity contribution < 1.29 is 0 Å². The maximum Gasteiger partial charge on any atom is 0.0755 e. The number of hydrogen-bond acceptors (Lipinski definition) is 5. The van der Waals surface area contributed by atoms with E-state index in [2.05, 4.69) is 611 Å². The van der Waals surface area contributed by atoms with Crippen molar-refractivity contribution in [3.63, 3.8) is 0 Å². The Balaban J connectivity index is 0.000000107. The molecular weight excluding hydrogens is 1780 g/mol. The third kappa shape index (κ3) is 13.2. The van der Waals surface area contributed by atoms with Crippen LogP contribution in [0.4, 0.5) is 85.3 Å². The number of rotatable bonds is 13. The van der Waals surface area contributed by atoms with E-state index in [1.54, 1.807) is 0 Å². The Kier molecular flexibility index (Phi) is 20.6. The molecule has 0 saturated heterocycles. The maximum atomic E-state index is 2.51. The number of para-hydroxylation sites is 15. The zero-order valence-corrected chi connectivity index (χ0v) is 80.6. The summed E-state index contributed by atoms with van der Waals surface area (Å²) in [5.74, 6) is 0. The second-order valence-corrected chi connectivity index (χ2v) is 38.7. The highest BCUT2D eigenvalue weighted by Gasteiger charge is 2.56. The lowest BCUT2D eigenvalue weighted by molar-refractivity contribution is 0.748. The van der Waals surface area contributed by atoms with Crippen LogP contribution in [-0.4, -0.2) is 4.57 Å². The molecule has 0 N–H and O–H groups in total. The van der Waals surface area contributed by atoms with Gasteiger partial charge in [-0.2, -0.15) is 0 Å². The molecule has 3 aliphatic carbocycles. The van der Waals surface area contributed by atoms with Crippen LogP contribution in [0.15, 0.2) is 582 Å². The first-order valence-corrected chi connectivity index (χ1v) is 50.9. The van der Waals surface area contributed by atoms with Gasteiger partial charge in [-0.25, -0.2) is 0 Å². The van der Waals surface area contributed by atoms with Gasteiger partial charge in [-0.3, -0.25) is 0 Å². The molecule has 1 aromatic heterocycles. The van der Waals surface area contributed by atoms with Crippen LogP contribution in [0.1, 0.15) is 66.8 Å². The highest BCUT2D eigenvalue weighted by Crippen LogP contribution is 2.69. The van der Waals surface area contributed by atoms with E-state index in [1.807, 2.05) is 0 Å². The Morgan fingerprint density at radius 3 is 0.898 bits per heavy atom. The molecule has 0 saturated carbocycles. The number of nitrogens with zero attached hydrogens (tertiary/aromatic N) is 6. The van der Waals surface area contributed by atoms with Crippen molar-refractivity contribution >= 4 is 107 Å². The van der Waals surface area contributed by atoms with Crippen LogP contribution in [0, 0.1) is 0 Å². The number of hydrogen-bond donors (Lipinski definition) is 0. The van der Waals surface area contributed by atoms with E-state index in [9.17, 15) is 0 Å². The van der Waals surface area contributed by atoms with E-state index in [0.717, 1.165) is 56.9 Å². The van der Waals surface area contributed by atoms with Crippen LogP contribution >= 0.6 is 0 Å². The number of benzene rings is 23. The van der Waals surface area contributed by atoms with E-state index in [0.29, 0.717) is 0 Å². The minimum Gasteiger partial charge on any atom is -0.311 e. The largest absolute Gasteiger partial charge is 0.311 e. The number of aromatic nitrogens is 1. The predicted molar refractivity (Wildman–Crippen MR) is 611 cm³/mol. The van der Waals surface area contributed by atoms with Gasteiger partial charge in [0.05, 0.1) is 61.4 Å². The normalized spacial score (nSPS) is 14.0. The minimum atomic E-state index is -0.487. The molecule has 3 aliphatic heterocycles. The Hall–Kier alpha value is -19.1. The molecule has 23 aromatic carbocycles. The Labute approximate surface area is 856 Å². The van der Waals surface area contributed by atoms with Crippen molar-refractivity contribution in [1.29, 1.82) is 0 Å². The first-order valence-electron chi connectivity index (χ1n) is 50.9. The third-order valence-electron chi connectivity index (χ3n) is 31.3. The predicted octanol–water partition coefficient (Wildman–Crippen LogP) is 36.9. The standard InChI is InChI=1S/C49H32N2.C49H34N2.C43H30N2/c1-3-14-35(15-4-1)50(36-16-5-2-6-17-36)37-29-26-33(27-30-37)34-28-31-43-41(32-34)38-18-7-9-21-42(38)49(43)44-22-10-12-25-47(44)51-46-24-11-8-19-39(46)40-20-13-23-45(49)48(40)51;1-4-17-36(18-5-1)50(37-19-6-2-7-20-37)39-33-31-35(32-34-39)40-24-16-28-45-48(40)41-23-10-11-25-42(41)49(45)43-26-12-14-29-46(43)51(38-21-8-3-9-22-38)47-30-15-13-27-44(47)49;1-4-17-31(18-5-1)44(32-19-6-2-7-20-32)41-30-16-27-38-42(41)34-23-10-11-24-35(34)43(38)36-25-12-14-28-39(36)45(33-21-8-3-9-22-33)40-29-15-13-26-37(40)43/h1-32H;1-34H;1-30H. The lowest BCUT2D eigenvalue weighted by atomic mass is 9.64. The van der Waals surface area contributed by atoms with Gasteiger partial charge < -0.3 is 29.1 Å². The summed E-state index contributed by atoms with van der Waals surface area (Å²) >= 11 is 0. The molecule has 690 valence electrons. The molecule has 147 heavy (non-hydrogen) atoms. The van der Waals surface area contributed by atoms with Crippen LogP contribution in [-0.2, 0) is 16.2 Å². The molecule has 1 unspecified atom stereocenters. The number of anilines is 15. The zero-order chi connectivity index (χ0) is 97.1. The minimum absolute atomic E-state index is 0.430. The quantitative estimate of drug-likeness (QED) is 0.114. The van der Waals surface area contributed by atoms with Gasteiger partial charge in [0, 0.05) is 73.2 Å². The van der Waals surface area contributed by atoms with Gasteiger partial charge in [0.25, 0.3) is 0 Å². The molecule has 4 heterocycles. The molecule has 30 rings (SSSR count). The molecule has 24 aromatic rings. The van der Waals surface area contributed by atoms with Gasteiger partial charge in [-0.15, -0.1) is 0 Å². The number of fused-ring (bicyclic) bond motifs is 30. The average Bonchev–Trinajstić information content (AvgIpc) is 1.50. The summed E-state index contributed by atoms with van der Waals surface area (Å²) in [5, 5.41) is 2.60. The molecule has 6 heteroatoms. The molecule has 0 bridgehead atoms. The lowest BCUT2D eigenvalue weighted by Crippen LogP contribution is -2.36. The molecule has 6 aliphatic rings. The second kappa shape index (κ2) is 35.2. The Morgan fingerprint density at radius 1 is 0.156 bits per heavy atom. The van der Waals surface area contributed by atoms with Crippen molar-refractivity contribution in [3.8, 4) is 61.3 Å². The van der Waals surface area contributed by atoms with Gasteiger partial charge in [-0.1, -0.05) is 413 Å². The Bertz CT molecular complexity index is 8960. The van der Waals surface area contributed by atoms with E-state index in [1.165, 1.54) is 178 Å². The summed E-state index contributed by atoms with van der Waals surface area (Å²) in [6.07, 6.45) is 0. The fraction of sp³-hybridized carbons (Fsp3) is 0.0213. The van der Waals surface area contributed by atoms with Crippen molar-refractivity contribution in [2.45, 2.75) is 16.2 Å². The van der Waals surface area contributed by atoms with Crippen LogP contribution in [0.3, 0.4) is 0 Å². The first-order chi connectivity index (χ1) is 73.0. The summed E-state index contributed by atoms with van der Waals surface area (Å²) in [5.41, 5.74) is 48.3. The summed E-state index contributed by atoms with van der Waals surface area (Å²) in [7, 11) is 0. The monoisotopic (exact) mass is 1870 g/mol. The molecular formula is C141H96N6. The van der Waals surface area contributed by atoms with Gasteiger partial charge in [0.15, 0.2) is 0 Å². The molecule has 6 nitrogen and oxygen atoms in total. The van der Waals surface area contributed by atoms with E-state index >= 15 is 0 Å². The van der Waals surface area contributed by atoms with Crippen molar-refractivity contribution in [3.05, 3.63) is 649 Å². The highest BCUT2D eigenvalue weighted by molar-refractivity contribution is 6.14. The lowest BCUT2D eigenvalue weighted by Gasteiger charge is -2.45. The topological polar surface area (TPSA) is 21.1 Å². The zero-order valence-electron chi connectivity index (χ0n) is 80.6. The van der Waals surface area contributed by atoms with Crippen molar-refractivity contribution in [2.75, 3.05) is 24.5 Å². The van der Waals surface area contributed by atoms with Crippen LogP contribution in [0.5, 0.6) is 0 Å². The summed E-state index contributed by atoms with van der Waals surface area (Å²) in [6.45, 7) is 0. The fourth-order valence-electron chi connectivity index (χ4n) is 25.6. The average molecular weight is 1870 g/mol. The Morgan fingerprint density at radius 2 is 0.442 bits per heavy atom. The van der Waals surface area contributed by atoms with Crippen LogP contribution in [0.25, 0.3) is 83.1 Å². The van der Waals surface area contributed by atoms with Crippen molar-refractivity contribution in [2.24, 2.45) is 0 Å². The summed E-state index contributed by atoms with van der Waals surface area (Å²) < 4.78 is 2.51. The molecule has 3 spiro atoms. The third-order valence-corrected chi connectivity index (χ3v) is 31.3. The van der Waals surface area contributed by atoms with Gasteiger partial charge >= 0.3 is 0 Å². The molecule has 1 atom stereocenters. The van der Waals surface area contributed by atoms with Gasteiger partial charge in [-0.05, 0) is 287 Å². The molecule has 0 radical (unpaired) electrons. The summed E-state index contributed by atoms with van der Waals surface area (Å²) in [6, 6.07) is 212. The first kappa shape index (κ1) is 85.8. The summed E-state index contributed by atoms with van der Waals surface area (Å²) in [4.78, 5) is 11.9. The maximum absolute atomic E-state index is 2.51. The second-order valence-electron chi connectivity index (χ2n) is 38.7. The van der Waals surface area contributed by atoms with Crippen LogP contribution in [0.2, 0.25) is 0 Å². The SMILES string of the molecule is c1ccc(N(c2ccccc2)c2ccc(-c3ccc4c(c3)-c3ccccc3C43c4ccccc4-n4c5ccccc5c5cccc3c54)cc2)cc1.c1ccc(N(c2ccccc2)c2ccc(-c3cccc4c3-c3ccccc3C43c4ccccc4N(c4ccccc4)c4ccccc43)cc2)cc1.c1ccc(N(c2ccccc2)c2cccc3c2-c2ccccc2C32c3ccccc3N(c3ccccc3)c3ccccc32)cc1. The van der Waals surface area contributed by atoms with E-state index in [4.69, 9.17) is 0 Å². The van der Waals surface area contributed by atoms with Crippen LogP contribution < -0.4 is 24.5 Å². The highest BCUT2D eigenvalue weighted by atomic mass is 15.2. The van der Waals surface area contributed by atoms with Crippen molar-refractivity contribution in [1.82, 2.24) is 4.57 Å². The van der Waals surface area contributed by atoms with Gasteiger partial charge in [0.1, 0.15) is 0 Å². The molecule has 0 fully saturated rings. The molecule has 0 amide bonds. The van der Waals surface area contributed by atoms with E-state index < -0.39 is 16.2 Å². The fourth-order valence-corrected chi connectivity index (χ4v) is 25.6.